The minimum Gasteiger partial charge on any atom is -0.375 e. The van der Waals surface area contributed by atoms with E-state index in [2.05, 4.69) is 47.9 Å². The third-order valence-corrected chi connectivity index (χ3v) is 4.10. The van der Waals surface area contributed by atoms with Gasteiger partial charge in [-0.15, -0.1) is 0 Å². The Kier molecular flexibility index (Phi) is 7.84. The highest BCUT2D eigenvalue weighted by Crippen LogP contribution is 2.11. The molecule has 4 heteroatoms. The van der Waals surface area contributed by atoms with Crippen molar-refractivity contribution in [3.8, 4) is 11.8 Å². The number of nitrogens with zero attached hydrogens (tertiary/aromatic N) is 1. The number of aryl methyl sites for hydroxylation is 1. The van der Waals surface area contributed by atoms with Gasteiger partial charge in [0.1, 0.15) is 5.05 Å². The van der Waals surface area contributed by atoms with E-state index in [1.165, 1.54) is 11.1 Å². The van der Waals surface area contributed by atoms with Crippen LogP contribution in [0.25, 0.3) is 0 Å². The maximum Gasteiger partial charge on any atom is 0.145 e. The van der Waals surface area contributed by atoms with Crippen molar-refractivity contribution in [3.05, 3.63) is 35.4 Å². The molecule has 0 amide bonds. The smallest absolute Gasteiger partial charge is 0.145 e. The van der Waals surface area contributed by atoms with Crippen molar-refractivity contribution in [1.29, 1.82) is 0 Å². The Morgan fingerprint density at radius 1 is 1.41 bits per heavy atom. The molecule has 1 rings (SSSR count). The topological polar surface area (TPSA) is 32.7 Å². The van der Waals surface area contributed by atoms with E-state index in [9.17, 15) is 5.11 Å². The summed E-state index contributed by atoms with van der Waals surface area (Å²) in [5, 5.41) is 9.66. The van der Waals surface area contributed by atoms with Gasteiger partial charge in [-0.1, -0.05) is 35.7 Å². The molecule has 1 N–H and O–H groups in total. The zero-order valence-electron chi connectivity index (χ0n) is 14.2. The number of hydrogen-bond acceptors (Lipinski definition) is 2. The van der Waals surface area contributed by atoms with Crippen LogP contribution in [0.3, 0.4) is 0 Å². The quantitative estimate of drug-likeness (QED) is 0.366. The third-order valence-electron chi connectivity index (χ3n) is 3.57. The lowest BCUT2D eigenvalue weighted by atomic mass is 10.0. The molecule has 0 spiro atoms. The van der Waals surface area contributed by atoms with Crippen LogP contribution in [0.1, 0.15) is 25.0 Å². The predicted molar refractivity (Wildman–Crippen MR) is 97.9 cm³/mol. The molecule has 1 aromatic carbocycles. The molecule has 1 aromatic rings. The Labute approximate surface area is 138 Å². The summed E-state index contributed by atoms with van der Waals surface area (Å²) in [6, 6.07) is 8.35. The summed E-state index contributed by atoms with van der Waals surface area (Å²) in [6.45, 7) is 8.24. The van der Waals surface area contributed by atoms with E-state index in [-0.39, 0.29) is 10.6 Å². The summed E-state index contributed by atoms with van der Waals surface area (Å²) >= 11 is 0.801. The van der Waals surface area contributed by atoms with Crippen LogP contribution in [0.4, 0.5) is 0 Å². The van der Waals surface area contributed by atoms with Gasteiger partial charge in [-0.05, 0) is 45.6 Å². The molecule has 0 bridgehead atoms. The average Bonchev–Trinajstić information content (AvgIpc) is 2.49. The second kappa shape index (κ2) is 9.12. The fourth-order valence-corrected chi connectivity index (χ4v) is 2.00. The highest BCUT2D eigenvalue weighted by Gasteiger charge is 2.20. The lowest BCUT2D eigenvalue weighted by Crippen LogP contribution is -2.41. The molecule has 0 atom stereocenters. The molecule has 0 fully saturated rings. The van der Waals surface area contributed by atoms with E-state index >= 15 is 0 Å². The van der Waals surface area contributed by atoms with Crippen LogP contribution in [0.2, 0.25) is 0 Å². The largest absolute Gasteiger partial charge is 0.375 e. The number of aliphatic hydroxyl groups excluding tert-OH is 1. The Morgan fingerprint density at radius 2 is 2.14 bits per heavy atom. The van der Waals surface area contributed by atoms with Gasteiger partial charge in [0, 0.05) is 6.54 Å². The molecule has 0 aliphatic carbocycles. The van der Waals surface area contributed by atoms with Crippen LogP contribution >= 0.6 is 11.4 Å². The van der Waals surface area contributed by atoms with Crippen molar-refractivity contribution in [1.82, 2.24) is 4.90 Å². The van der Waals surface area contributed by atoms with Crippen LogP contribution in [-0.2, 0) is 11.3 Å². The van der Waals surface area contributed by atoms with Crippen LogP contribution in [-0.4, -0.2) is 47.1 Å². The van der Waals surface area contributed by atoms with Gasteiger partial charge in [-0.3, -0.25) is 4.90 Å². The van der Waals surface area contributed by atoms with Gasteiger partial charge in [-0.25, -0.2) is 0 Å². The monoisotopic (exact) mass is 321 g/mol. The third kappa shape index (κ3) is 6.76. The van der Waals surface area contributed by atoms with Gasteiger partial charge in [0.2, 0.25) is 0 Å². The second-order valence-electron chi connectivity index (χ2n) is 5.82. The molecule has 0 aromatic heterocycles. The minimum absolute atomic E-state index is 0.206. The molecule has 0 aliphatic rings. The molecular formula is C18H27NO2S. The van der Waals surface area contributed by atoms with E-state index < -0.39 is 0 Å². The summed E-state index contributed by atoms with van der Waals surface area (Å²) in [6.07, 6.45) is 1.86. The fraction of sp³-hybridized carbons (Fsp3) is 0.500. The van der Waals surface area contributed by atoms with Crippen molar-refractivity contribution in [2.24, 2.45) is 0 Å². The van der Waals surface area contributed by atoms with Crippen molar-refractivity contribution in [2.45, 2.75) is 32.9 Å². The van der Waals surface area contributed by atoms with Crippen LogP contribution in [0.15, 0.2) is 24.3 Å². The van der Waals surface area contributed by atoms with Crippen molar-refractivity contribution in [3.63, 3.8) is 0 Å². The normalized spacial score (nSPS) is 12.6. The first kappa shape index (κ1) is 18.9. The van der Waals surface area contributed by atoms with E-state index in [4.69, 9.17) is 4.74 Å². The highest BCUT2D eigenvalue weighted by atomic mass is 32.1. The Bertz CT molecular complexity index is 570. The molecule has 22 heavy (non-hydrogen) atoms. The summed E-state index contributed by atoms with van der Waals surface area (Å²) in [7, 11) is 2.02. The van der Waals surface area contributed by atoms with Crippen molar-refractivity contribution < 1.29 is 9.84 Å². The number of ether oxygens (including phenoxy) is 1. The summed E-state index contributed by atoms with van der Waals surface area (Å²) in [5.74, 6) is 5.91. The summed E-state index contributed by atoms with van der Waals surface area (Å²) in [4.78, 5) is 2.13. The minimum atomic E-state index is -0.300. The van der Waals surface area contributed by atoms with E-state index in [0.29, 0.717) is 13.2 Å². The molecule has 122 valence electrons. The van der Waals surface area contributed by atoms with Gasteiger partial charge in [0.05, 0.1) is 18.8 Å². The van der Waals surface area contributed by atoms with Gasteiger partial charge in [0.15, 0.2) is 0 Å². The first-order valence-corrected chi connectivity index (χ1v) is 8.73. The highest BCUT2D eigenvalue weighted by molar-refractivity contribution is 7.98. The van der Waals surface area contributed by atoms with Crippen molar-refractivity contribution in [2.75, 3.05) is 26.5 Å². The molecule has 0 saturated carbocycles. The van der Waals surface area contributed by atoms with Gasteiger partial charge in [0.25, 0.3) is 0 Å². The molecule has 3 nitrogen and oxygen atoms in total. The van der Waals surface area contributed by atoms with E-state index in [0.717, 1.165) is 17.9 Å². The Morgan fingerprint density at radius 3 is 2.77 bits per heavy atom. The van der Waals surface area contributed by atoms with Crippen LogP contribution in [0, 0.1) is 18.8 Å². The first-order valence-electron chi connectivity index (χ1n) is 7.38. The Balaban J connectivity index is 2.41. The summed E-state index contributed by atoms with van der Waals surface area (Å²) < 4.78 is 5.74. The number of thiol groups is 1. The first-order chi connectivity index (χ1) is 10.3. The molecule has 0 aliphatic heterocycles. The van der Waals surface area contributed by atoms with E-state index in [1.807, 2.05) is 27.2 Å². The molecule has 0 heterocycles. The average molecular weight is 321 g/mol. The zero-order valence-corrected chi connectivity index (χ0v) is 15.1. The molecule has 0 saturated heterocycles. The van der Waals surface area contributed by atoms with Gasteiger partial charge < -0.3 is 9.84 Å². The zero-order chi connectivity index (χ0) is 16.6. The summed E-state index contributed by atoms with van der Waals surface area (Å²) in [5.41, 5.74) is 2.15. The van der Waals surface area contributed by atoms with Crippen LogP contribution < -0.4 is 0 Å². The maximum atomic E-state index is 9.45. The van der Waals surface area contributed by atoms with Gasteiger partial charge in [-0.2, -0.15) is 11.4 Å². The fourth-order valence-electron chi connectivity index (χ4n) is 1.83. The number of hydrogen-bond donors (Lipinski definition) is 2. The van der Waals surface area contributed by atoms with Crippen molar-refractivity contribution >= 4 is 16.4 Å². The standard InChI is InChI=1S/C18H27NO2S/c1-15-7-6-8-16(13-15)14-21-12-11-19(4)18(2,3)10-9-17(20)22-5/h6-8,13,20,22H,11-12,14H2,1-5H3. The maximum absolute atomic E-state index is 9.45. The number of rotatable bonds is 6. The lowest BCUT2D eigenvalue weighted by molar-refractivity contribution is 0.0815. The molecular weight excluding hydrogens is 294 g/mol. The molecule has 0 unspecified atom stereocenters. The SMILES string of the molecule is C[SH]=C(O)C#CC(C)(C)N(C)CCOCc1cccc(C)c1. The van der Waals surface area contributed by atoms with Gasteiger partial charge >= 0.3 is 0 Å². The number of benzene rings is 1. The second-order valence-corrected chi connectivity index (χ2v) is 6.69. The number of aliphatic hydroxyl groups is 1. The Hall–Kier alpha value is -1.12. The van der Waals surface area contributed by atoms with Crippen LogP contribution in [0.5, 0.6) is 0 Å². The predicted octanol–water partition coefficient (Wildman–Crippen LogP) is 3.01. The lowest BCUT2D eigenvalue weighted by Gasteiger charge is -2.30. The number of likely N-dealkylation sites (N-methyl/N-ethyl adjacent to an activating group) is 1. The molecule has 0 radical (unpaired) electrons. The van der Waals surface area contributed by atoms with E-state index in [1.54, 1.807) is 0 Å².